The smallest absolute Gasteiger partial charge is 0.294 e. The number of hydrogen-bond donors (Lipinski definition) is 0. The summed E-state index contributed by atoms with van der Waals surface area (Å²) in [4.78, 5) is 35.0. The molecular formula is C22H26N4O2. The molecule has 3 aliphatic heterocycles. The largest absolute Gasteiger partial charge is 0.337 e. The summed E-state index contributed by atoms with van der Waals surface area (Å²) in [6.45, 7) is 3.07. The number of benzene rings is 1. The average Bonchev–Trinajstić information content (AvgIpc) is 3.41. The van der Waals surface area contributed by atoms with E-state index in [9.17, 15) is 9.59 Å². The second-order valence-electron chi connectivity index (χ2n) is 8.03. The molecule has 1 fully saturated rings. The van der Waals surface area contributed by atoms with Crippen LogP contribution in [0.4, 0.5) is 5.69 Å². The molecule has 6 heteroatoms. The maximum atomic E-state index is 13.5. The fraction of sp³-hybridized carbons (Fsp3) is 0.500. The van der Waals surface area contributed by atoms with Gasteiger partial charge in [-0.15, -0.1) is 0 Å². The number of fused-ring (bicyclic) bond motifs is 2. The lowest BCUT2D eigenvalue weighted by atomic mass is 10.0. The van der Waals surface area contributed by atoms with E-state index in [0.717, 1.165) is 76.0 Å². The molecule has 5 rings (SSSR count). The van der Waals surface area contributed by atoms with E-state index in [1.54, 1.807) is 0 Å². The molecule has 0 aliphatic carbocycles. The maximum Gasteiger partial charge on any atom is 0.294 e. The van der Waals surface area contributed by atoms with Gasteiger partial charge in [-0.1, -0.05) is 18.2 Å². The highest BCUT2D eigenvalue weighted by Gasteiger charge is 2.33. The summed E-state index contributed by atoms with van der Waals surface area (Å²) in [6, 6.07) is 8.12. The Morgan fingerprint density at radius 3 is 2.46 bits per heavy atom. The van der Waals surface area contributed by atoms with Gasteiger partial charge >= 0.3 is 0 Å². The Balaban J connectivity index is 1.53. The highest BCUT2D eigenvalue weighted by Crippen LogP contribution is 2.30. The molecule has 0 atom stereocenters. The third-order valence-corrected chi connectivity index (χ3v) is 6.26. The van der Waals surface area contributed by atoms with Crippen LogP contribution in [0.3, 0.4) is 0 Å². The second-order valence-corrected chi connectivity index (χ2v) is 8.03. The van der Waals surface area contributed by atoms with E-state index in [1.807, 2.05) is 32.6 Å². The summed E-state index contributed by atoms with van der Waals surface area (Å²) in [7, 11) is 0. The zero-order valence-corrected chi connectivity index (χ0v) is 16.2. The molecule has 1 aromatic carbocycles. The van der Waals surface area contributed by atoms with Crippen LogP contribution >= 0.6 is 0 Å². The Morgan fingerprint density at radius 1 is 0.821 bits per heavy atom. The number of imidazole rings is 1. The number of amides is 2. The molecule has 0 unspecified atom stereocenters. The molecule has 146 valence electrons. The Bertz CT molecular complexity index is 927. The molecule has 1 aromatic heterocycles. The summed E-state index contributed by atoms with van der Waals surface area (Å²) in [5.41, 5.74) is 3.66. The number of rotatable bonds is 2. The molecule has 3 aliphatic rings. The van der Waals surface area contributed by atoms with E-state index in [4.69, 9.17) is 0 Å². The van der Waals surface area contributed by atoms with Crippen LogP contribution in [0.1, 0.15) is 64.5 Å². The standard InChI is InChI=1S/C22H26N4O2/c27-21(24-12-5-6-13-24)19-18-11-3-4-14-25(18)20(23-19)22(28)26-15-7-9-16-8-1-2-10-17(16)26/h1-2,8,10H,3-7,9,11-15H2. The van der Waals surface area contributed by atoms with Crippen LogP contribution in [-0.2, 0) is 19.4 Å². The number of carbonyl (C=O) groups is 2. The monoisotopic (exact) mass is 378 g/mol. The second kappa shape index (κ2) is 7.08. The first-order valence-electron chi connectivity index (χ1n) is 10.5. The van der Waals surface area contributed by atoms with Gasteiger partial charge in [-0.05, 0) is 56.6 Å². The van der Waals surface area contributed by atoms with Gasteiger partial charge in [0.25, 0.3) is 11.8 Å². The van der Waals surface area contributed by atoms with Crippen LogP contribution in [0.2, 0.25) is 0 Å². The number of aromatic nitrogens is 2. The van der Waals surface area contributed by atoms with Gasteiger partial charge < -0.3 is 14.4 Å². The highest BCUT2D eigenvalue weighted by molar-refractivity contribution is 6.06. The minimum Gasteiger partial charge on any atom is -0.337 e. The molecule has 4 heterocycles. The number of hydrogen-bond acceptors (Lipinski definition) is 3. The molecule has 6 nitrogen and oxygen atoms in total. The zero-order chi connectivity index (χ0) is 19.1. The molecule has 0 spiro atoms. The SMILES string of the molecule is O=C(c1nc(C(=O)N2CCCc3ccccc32)n2c1CCCC2)N1CCCC1. The van der Waals surface area contributed by atoms with E-state index in [-0.39, 0.29) is 11.8 Å². The Hall–Kier alpha value is -2.63. The number of anilines is 1. The number of para-hydroxylation sites is 1. The Kier molecular flexibility index (Phi) is 4.41. The van der Waals surface area contributed by atoms with E-state index in [2.05, 4.69) is 11.1 Å². The van der Waals surface area contributed by atoms with Crippen LogP contribution < -0.4 is 4.90 Å². The molecule has 0 saturated carbocycles. The average molecular weight is 378 g/mol. The quantitative estimate of drug-likeness (QED) is 0.807. The van der Waals surface area contributed by atoms with Crippen LogP contribution in [-0.4, -0.2) is 45.9 Å². The van der Waals surface area contributed by atoms with Gasteiger partial charge in [-0.3, -0.25) is 9.59 Å². The summed E-state index contributed by atoms with van der Waals surface area (Å²) < 4.78 is 2.02. The molecule has 28 heavy (non-hydrogen) atoms. The lowest BCUT2D eigenvalue weighted by Crippen LogP contribution is -2.37. The number of carbonyl (C=O) groups excluding carboxylic acids is 2. The van der Waals surface area contributed by atoms with Crippen molar-refractivity contribution < 1.29 is 9.59 Å². The van der Waals surface area contributed by atoms with Crippen LogP contribution in [0, 0.1) is 0 Å². The van der Waals surface area contributed by atoms with Gasteiger partial charge in [0, 0.05) is 31.9 Å². The van der Waals surface area contributed by atoms with Gasteiger partial charge in [-0.25, -0.2) is 4.98 Å². The molecule has 0 bridgehead atoms. The van der Waals surface area contributed by atoms with Crippen molar-refractivity contribution >= 4 is 17.5 Å². The van der Waals surface area contributed by atoms with E-state index >= 15 is 0 Å². The lowest BCUT2D eigenvalue weighted by Gasteiger charge is -2.29. The van der Waals surface area contributed by atoms with Crippen molar-refractivity contribution in [3.8, 4) is 0 Å². The summed E-state index contributed by atoms with van der Waals surface area (Å²) in [5.74, 6) is 0.367. The van der Waals surface area contributed by atoms with Gasteiger partial charge in [0.1, 0.15) is 5.69 Å². The highest BCUT2D eigenvalue weighted by atomic mass is 16.2. The molecule has 2 aromatic rings. The first-order chi connectivity index (χ1) is 13.7. The van der Waals surface area contributed by atoms with Crippen LogP contribution in [0.25, 0.3) is 0 Å². The third-order valence-electron chi connectivity index (χ3n) is 6.26. The van der Waals surface area contributed by atoms with Gasteiger partial charge in [0.05, 0.1) is 5.69 Å². The zero-order valence-electron chi connectivity index (χ0n) is 16.2. The summed E-state index contributed by atoms with van der Waals surface area (Å²) in [5, 5.41) is 0. The van der Waals surface area contributed by atoms with Crippen molar-refractivity contribution in [1.29, 1.82) is 0 Å². The first-order valence-corrected chi connectivity index (χ1v) is 10.5. The van der Waals surface area contributed by atoms with Gasteiger partial charge in [0.2, 0.25) is 5.82 Å². The summed E-state index contributed by atoms with van der Waals surface area (Å²) >= 11 is 0. The minimum absolute atomic E-state index is 0.00115. The van der Waals surface area contributed by atoms with E-state index < -0.39 is 0 Å². The van der Waals surface area contributed by atoms with Crippen molar-refractivity contribution in [2.24, 2.45) is 0 Å². The predicted octanol–water partition coefficient (Wildman–Crippen LogP) is 3.05. The van der Waals surface area contributed by atoms with Crippen molar-refractivity contribution in [1.82, 2.24) is 14.5 Å². The predicted molar refractivity (Wildman–Crippen MR) is 107 cm³/mol. The van der Waals surface area contributed by atoms with Crippen molar-refractivity contribution in [2.75, 3.05) is 24.5 Å². The van der Waals surface area contributed by atoms with Gasteiger partial charge in [-0.2, -0.15) is 0 Å². The molecule has 0 N–H and O–H groups in total. The Labute approximate surface area is 165 Å². The molecule has 2 amide bonds. The Morgan fingerprint density at radius 2 is 1.61 bits per heavy atom. The van der Waals surface area contributed by atoms with Crippen molar-refractivity contribution in [2.45, 2.75) is 51.5 Å². The van der Waals surface area contributed by atoms with Crippen molar-refractivity contribution in [3.05, 3.63) is 47.0 Å². The normalized spacial score (nSPS) is 18.7. The third kappa shape index (κ3) is 2.82. The maximum absolute atomic E-state index is 13.5. The minimum atomic E-state index is -0.0734. The molecule has 0 radical (unpaired) electrons. The number of likely N-dealkylation sites (tertiary alicyclic amines) is 1. The molecule has 1 saturated heterocycles. The van der Waals surface area contributed by atoms with Crippen LogP contribution in [0.15, 0.2) is 24.3 Å². The summed E-state index contributed by atoms with van der Waals surface area (Å²) in [6.07, 6.45) is 6.96. The fourth-order valence-corrected chi connectivity index (χ4v) is 4.81. The fourth-order valence-electron chi connectivity index (χ4n) is 4.81. The van der Waals surface area contributed by atoms with Gasteiger partial charge in [0.15, 0.2) is 0 Å². The van der Waals surface area contributed by atoms with Crippen molar-refractivity contribution in [3.63, 3.8) is 0 Å². The van der Waals surface area contributed by atoms with E-state index in [1.165, 1.54) is 5.56 Å². The van der Waals surface area contributed by atoms with E-state index in [0.29, 0.717) is 18.1 Å². The topological polar surface area (TPSA) is 58.4 Å². The first kappa shape index (κ1) is 17.5. The number of aryl methyl sites for hydroxylation is 1. The molecular weight excluding hydrogens is 352 g/mol. The lowest BCUT2D eigenvalue weighted by molar-refractivity contribution is 0.0786. The van der Waals surface area contributed by atoms with Crippen LogP contribution in [0.5, 0.6) is 0 Å². The number of nitrogens with zero attached hydrogens (tertiary/aromatic N) is 4.